The Kier molecular flexibility index (Phi) is 6.33. The van der Waals surface area contributed by atoms with Crippen LogP contribution in [-0.2, 0) is 11.2 Å². The van der Waals surface area contributed by atoms with Gasteiger partial charge in [0.1, 0.15) is 35.9 Å². The van der Waals surface area contributed by atoms with Crippen molar-refractivity contribution in [3.63, 3.8) is 0 Å². The number of amides is 2. The fourth-order valence-corrected chi connectivity index (χ4v) is 7.01. The van der Waals surface area contributed by atoms with Crippen molar-refractivity contribution in [2.75, 3.05) is 13.2 Å². The fourth-order valence-electron chi connectivity index (χ4n) is 7.01. The molecule has 2 aliphatic rings. The summed E-state index contributed by atoms with van der Waals surface area (Å²) in [7, 11) is 0. The normalized spacial score (nSPS) is 23.4. The molecule has 6 aromatic rings. The number of carbonyl (C=O) groups is 2. The van der Waals surface area contributed by atoms with Crippen molar-refractivity contribution in [2.45, 2.75) is 37.1 Å². The first-order valence-corrected chi connectivity index (χ1v) is 14.7. The minimum atomic E-state index is -1.71. The standard InChI is InChI=1S/C33H28N4O9/c38-13-21-28(41)29(42)30(43)33(46-21)37-20-12-16(40)2-4-18(20)23-25-24(22-17-3-1-15(39)11-19(17)35-26(22)27(23)37)31(44)36(32(25)45)10-7-14-5-8-34-9-6-14/h1-6,8-9,11-12,21,28-30,33,35,38-43H,7,10,13H2/t21-,28-,29+,30-,33-/m1/s1. The number of imide groups is 1. The smallest absolute Gasteiger partial charge is 0.262 e. The maximum Gasteiger partial charge on any atom is 0.262 e. The number of aliphatic hydroxyl groups is 4. The number of ether oxygens (including phenoxy) is 1. The highest BCUT2D eigenvalue weighted by atomic mass is 16.6. The van der Waals surface area contributed by atoms with Crippen LogP contribution in [0.15, 0.2) is 60.9 Å². The van der Waals surface area contributed by atoms with Crippen LogP contribution in [0.1, 0.15) is 32.5 Å². The van der Waals surface area contributed by atoms with Crippen molar-refractivity contribution in [1.29, 1.82) is 0 Å². The lowest BCUT2D eigenvalue weighted by Gasteiger charge is -2.41. The summed E-state index contributed by atoms with van der Waals surface area (Å²) in [5.41, 5.74) is 2.62. The van der Waals surface area contributed by atoms with E-state index in [9.17, 15) is 40.2 Å². The number of rotatable bonds is 5. The van der Waals surface area contributed by atoms with Crippen LogP contribution in [0, 0.1) is 0 Å². The third-order valence-corrected chi connectivity index (χ3v) is 9.17. The van der Waals surface area contributed by atoms with E-state index in [0.29, 0.717) is 50.0 Å². The zero-order valence-electron chi connectivity index (χ0n) is 24.0. The summed E-state index contributed by atoms with van der Waals surface area (Å²) in [6, 6.07) is 12.6. The van der Waals surface area contributed by atoms with Crippen LogP contribution in [-0.4, -0.2) is 99.5 Å². The monoisotopic (exact) mass is 624 g/mol. The number of phenolic OH excluding ortho intramolecular Hbond substituents is 2. The number of hydrogen-bond acceptors (Lipinski definition) is 10. The molecule has 0 spiro atoms. The predicted molar refractivity (Wildman–Crippen MR) is 164 cm³/mol. The number of H-pyrrole nitrogens is 1. The lowest BCUT2D eigenvalue weighted by atomic mass is 9.96. The van der Waals surface area contributed by atoms with E-state index in [0.717, 1.165) is 5.56 Å². The summed E-state index contributed by atoms with van der Waals surface area (Å²) in [5.74, 6) is -1.21. The third kappa shape index (κ3) is 3.90. The van der Waals surface area contributed by atoms with Crippen LogP contribution in [0.3, 0.4) is 0 Å². The molecule has 2 amide bonds. The Bertz CT molecular complexity index is 2230. The van der Waals surface area contributed by atoms with E-state index in [1.54, 1.807) is 36.7 Å². The molecule has 3 aromatic carbocycles. The lowest BCUT2D eigenvalue weighted by Crippen LogP contribution is -2.56. The number of pyridine rings is 1. The van der Waals surface area contributed by atoms with Gasteiger partial charge in [0.2, 0.25) is 0 Å². The molecule has 13 nitrogen and oxygen atoms in total. The van der Waals surface area contributed by atoms with E-state index < -0.39 is 49.1 Å². The van der Waals surface area contributed by atoms with Gasteiger partial charge in [-0.1, -0.05) is 0 Å². The highest BCUT2D eigenvalue weighted by Gasteiger charge is 2.47. The molecule has 234 valence electrons. The van der Waals surface area contributed by atoms with Crippen molar-refractivity contribution < 1.29 is 45.0 Å². The molecule has 0 radical (unpaired) electrons. The number of aliphatic hydroxyl groups excluding tert-OH is 4. The molecule has 46 heavy (non-hydrogen) atoms. The first kappa shape index (κ1) is 28.4. The van der Waals surface area contributed by atoms with Gasteiger partial charge in [-0.15, -0.1) is 0 Å². The Labute approximate surface area is 259 Å². The van der Waals surface area contributed by atoms with Crippen LogP contribution in [0.4, 0.5) is 0 Å². The molecule has 5 heterocycles. The number of nitrogens with one attached hydrogen (secondary N) is 1. The van der Waals surface area contributed by atoms with Gasteiger partial charge in [-0.3, -0.25) is 19.5 Å². The highest BCUT2D eigenvalue weighted by Crippen LogP contribution is 2.48. The molecule has 0 unspecified atom stereocenters. The van der Waals surface area contributed by atoms with Crippen LogP contribution in [0.5, 0.6) is 11.5 Å². The molecule has 7 N–H and O–H groups in total. The maximum atomic E-state index is 14.3. The van der Waals surface area contributed by atoms with Crippen LogP contribution < -0.4 is 0 Å². The van der Waals surface area contributed by atoms with Gasteiger partial charge >= 0.3 is 0 Å². The van der Waals surface area contributed by atoms with E-state index in [4.69, 9.17) is 4.74 Å². The minimum Gasteiger partial charge on any atom is -0.508 e. The fraction of sp³-hybridized carbons (Fsp3) is 0.242. The molecule has 0 bridgehead atoms. The summed E-state index contributed by atoms with van der Waals surface area (Å²) >= 11 is 0. The molecular weight excluding hydrogens is 596 g/mol. The van der Waals surface area contributed by atoms with Gasteiger partial charge < -0.3 is 44.9 Å². The zero-order chi connectivity index (χ0) is 32.0. The van der Waals surface area contributed by atoms with Gasteiger partial charge in [0, 0.05) is 52.6 Å². The third-order valence-electron chi connectivity index (χ3n) is 9.17. The Balaban J connectivity index is 1.47. The summed E-state index contributed by atoms with van der Waals surface area (Å²) in [6.07, 6.45) is -4.03. The largest absolute Gasteiger partial charge is 0.508 e. The number of aromatic hydroxyl groups is 2. The highest BCUT2D eigenvalue weighted by molar-refractivity contribution is 6.39. The number of aromatic amines is 1. The Morgan fingerprint density at radius 2 is 1.50 bits per heavy atom. The summed E-state index contributed by atoms with van der Waals surface area (Å²) in [4.78, 5) is 37.1. The first-order valence-electron chi connectivity index (χ1n) is 14.7. The lowest BCUT2D eigenvalue weighted by molar-refractivity contribution is -0.249. The van der Waals surface area contributed by atoms with E-state index in [1.807, 2.05) is 0 Å². The van der Waals surface area contributed by atoms with Gasteiger partial charge in [-0.2, -0.15) is 0 Å². The van der Waals surface area contributed by atoms with Gasteiger partial charge in [-0.05, 0) is 48.4 Å². The molecule has 13 heteroatoms. The molecule has 0 aliphatic carbocycles. The Hall–Kier alpha value is -5.05. The number of hydrogen-bond donors (Lipinski definition) is 7. The maximum absolute atomic E-state index is 14.3. The van der Waals surface area contributed by atoms with Crippen molar-refractivity contribution in [3.8, 4) is 11.5 Å². The first-order chi connectivity index (χ1) is 22.2. The average molecular weight is 625 g/mol. The number of fused-ring (bicyclic) bond motifs is 10. The number of aromatic nitrogens is 3. The molecule has 8 rings (SSSR count). The molecule has 3 aromatic heterocycles. The zero-order valence-corrected chi connectivity index (χ0v) is 24.0. The second kappa shape index (κ2) is 10.2. The summed E-state index contributed by atoms with van der Waals surface area (Å²) in [5, 5.41) is 65.1. The van der Waals surface area contributed by atoms with Gasteiger partial charge in [0.15, 0.2) is 6.23 Å². The van der Waals surface area contributed by atoms with Crippen molar-refractivity contribution in [2.24, 2.45) is 0 Å². The number of nitrogens with zero attached hydrogens (tertiary/aromatic N) is 3. The second-order valence-corrected chi connectivity index (χ2v) is 11.7. The van der Waals surface area contributed by atoms with Gasteiger partial charge in [-0.25, -0.2) is 0 Å². The Morgan fingerprint density at radius 1 is 0.826 bits per heavy atom. The number of carbonyl (C=O) groups excluding carboxylic acids is 2. The molecule has 1 saturated heterocycles. The number of benzene rings is 3. The molecule has 0 saturated carbocycles. The topological polar surface area (TPSA) is 202 Å². The second-order valence-electron chi connectivity index (χ2n) is 11.7. The molecule has 5 atom stereocenters. The van der Waals surface area contributed by atoms with Gasteiger partial charge in [0.25, 0.3) is 11.8 Å². The van der Waals surface area contributed by atoms with E-state index in [2.05, 4.69) is 9.97 Å². The van der Waals surface area contributed by atoms with E-state index in [-0.39, 0.29) is 29.2 Å². The summed E-state index contributed by atoms with van der Waals surface area (Å²) in [6.45, 7) is -0.575. The van der Waals surface area contributed by atoms with E-state index in [1.165, 1.54) is 33.7 Å². The van der Waals surface area contributed by atoms with Crippen LogP contribution in [0.25, 0.3) is 43.6 Å². The minimum absolute atomic E-state index is 0.0345. The number of phenols is 2. The average Bonchev–Trinajstić information content (AvgIpc) is 3.66. The summed E-state index contributed by atoms with van der Waals surface area (Å²) < 4.78 is 7.50. The van der Waals surface area contributed by atoms with Crippen molar-refractivity contribution in [3.05, 3.63) is 77.6 Å². The van der Waals surface area contributed by atoms with E-state index >= 15 is 0 Å². The predicted octanol–water partition coefficient (Wildman–Crippen LogP) is 2.05. The quantitative estimate of drug-likeness (QED) is 0.139. The molecule has 1 fully saturated rings. The van der Waals surface area contributed by atoms with Crippen molar-refractivity contribution >= 4 is 55.4 Å². The molecule has 2 aliphatic heterocycles. The van der Waals surface area contributed by atoms with Crippen LogP contribution in [0.2, 0.25) is 0 Å². The Morgan fingerprint density at radius 3 is 2.22 bits per heavy atom. The van der Waals surface area contributed by atoms with Gasteiger partial charge in [0.05, 0.1) is 39.8 Å². The molecular formula is C33H28N4O9. The SMILES string of the molecule is O=C1c2c(c3c4ccc(O)cc4n([C@@H]4O[C@H](CO)[C@@H](O)[C@H](O)[C@H]4O)c3c3[nH]c4cc(O)ccc4c23)C(=O)N1CCc1ccncc1. The van der Waals surface area contributed by atoms with Crippen LogP contribution >= 0.6 is 0 Å². The van der Waals surface area contributed by atoms with Crippen molar-refractivity contribution in [1.82, 2.24) is 19.4 Å².